The first-order valence-electron chi connectivity index (χ1n) is 14.9. The van der Waals surface area contributed by atoms with Gasteiger partial charge in [-0.1, -0.05) is 12.1 Å². The molecule has 3 aromatic carbocycles. The number of amides is 1. The predicted molar refractivity (Wildman–Crippen MR) is 174 cm³/mol. The lowest BCUT2D eigenvalue weighted by molar-refractivity contribution is 0.0663. The smallest absolute Gasteiger partial charge is 0.255 e. The van der Waals surface area contributed by atoms with E-state index in [0.29, 0.717) is 43.0 Å². The van der Waals surface area contributed by atoms with Crippen LogP contribution in [0, 0.1) is 11.2 Å². The van der Waals surface area contributed by atoms with Crippen LogP contribution in [-0.2, 0) is 13.0 Å². The number of anilines is 3. The van der Waals surface area contributed by atoms with E-state index < -0.39 is 0 Å². The summed E-state index contributed by atoms with van der Waals surface area (Å²) in [7, 11) is 2.05. The monoisotopic (exact) mass is 606 g/mol. The average Bonchev–Trinajstić information content (AvgIpc) is 3.49. The Bertz CT molecular complexity index is 1830. The molecule has 0 radical (unpaired) electrons. The summed E-state index contributed by atoms with van der Waals surface area (Å²) in [5.41, 5.74) is 6.12. The van der Waals surface area contributed by atoms with Crippen LogP contribution in [0.25, 0.3) is 16.6 Å². The first-order valence-corrected chi connectivity index (χ1v) is 14.9. The minimum atomic E-state index is -0.278. The Hall–Kier alpha value is -5.13. The van der Waals surface area contributed by atoms with Gasteiger partial charge in [0.15, 0.2) is 0 Å². The second-order valence-electron chi connectivity index (χ2n) is 11.1. The van der Waals surface area contributed by atoms with Crippen LogP contribution in [0.15, 0.2) is 79.4 Å². The highest BCUT2D eigenvalue weighted by atomic mass is 19.1. The third-order valence-electron chi connectivity index (χ3n) is 8.09. The highest BCUT2D eigenvalue weighted by molar-refractivity contribution is 5.96. The van der Waals surface area contributed by atoms with Gasteiger partial charge < -0.3 is 35.5 Å². The van der Waals surface area contributed by atoms with E-state index in [1.165, 1.54) is 24.7 Å². The van der Waals surface area contributed by atoms with Crippen LogP contribution in [0.2, 0.25) is 0 Å². The van der Waals surface area contributed by atoms with Crippen molar-refractivity contribution < 1.29 is 14.3 Å². The lowest BCUT2D eigenvalue weighted by Crippen LogP contribution is -2.47. The van der Waals surface area contributed by atoms with Crippen molar-refractivity contribution in [1.29, 1.82) is 5.41 Å². The Morgan fingerprint density at radius 1 is 1.02 bits per heavy atom. The Morgan fingerprint density at radius 2 is 1.82 bits per heavy atom. The van der Waals surface area contributed by atoms with Gasteiger partial charge in [-0.2, -0.15) is 0 Å². The molecule has 1 saturated heterocycles. The molecule has 4 N–H and O–H groups in total. The van der Waals surface area contributed by atoms with Gasteiger partial charge in [-0.25, -0.2) is 14.4 Å². The van der Waals surface area contributed by atoms with E-state index in [1.807, 2.05) is 58.3 Å². The van der Waals surface area contributed by atoms with Crippen molar-refractivity contribution in [3.63, 3.8) is 0 Å². The number of carbonyl (C=O) groups excluding carboxylic acids is 1. The van der Waals surface area contributed by atoms with Gasteiger partial charge >= 0.3 is 0 Å². The fourth-order valence-corrected chi connectivity index (χ4v) is 5.50. The van der Waals surface area contributed by atoms with E-state index in [1.54, 1.807) is 12.1 Å². The Kier molecular flexibility index (Phi) is 8.81. The number of likely N-dealkylation sites (N-methyl/N-ethyl adjacent to an activating group) is 1. The van der Waals surface area contributed by atoms with Crippen LogP contribution in [0.1, 0.15) is 27.0 Å². The number of halogens is 1. The summed E-state index contributed by atoms with van der Waals surface area (Å²) in [4.78, 5) is 26.5. The molecule has 10 nitrogen and oxygen atoms in total. The molecule has 3 heterocycles. The molecule has 1 amide bonds. The number of nitrogens with one attached hydrogen (secondary N) is 3. The van der Waals surface area contributed by atoms with E-state index in [4.69, 9.17) is 5.41 Å². The van der Waals surface area contributed by atoms with Crippen molar-refractivity contribution in [3.05, 3.63) is 107 Å². The number of nitrogens with zero attached hydrogens (tertiary/aromatic N) is 5. The maximum absolute atomic E-state index is 13.5. The highest BCUT2D eigenvalue weighted by Gasteiger charge is 2.24. The molecule has 0 atom stereocenters. The SMILES string of the molecule is CN1CCN(C(=O)c2cn(-c3ccc4ncnc(Nc5ccc(NCc6ccc(F)cc6)c(C=N)c5)c4c3)cc2CCO)CC1. The van der Waals surface area contributed by atoms with Gasteiger partial charge in [-0.3, -0.25) is 4.79 Å². The standard InChI is InChI=1S/C34H35FN8O2/c1-41-11-13-42(14-12-41)34(45)30-21-43(20-24(30)10-15-44)28-7-9-32-29(17-28)33(39-22-38-32)40-27-6-8-31(25(16-27)18-36)37-19-23-2-4-26(35)5-3-23/h2-9,16-18,20-22,36-37,44H,10-15,19H2,1H3,(H,38,39,40). The first kappa shape index (κ1) is 29.9. The van der Waals surface area contributed by atoms with Crippen molar-refractivity contribution in [2.24, 2.45) is 0 Å². The van der Waals surface area contributed by atoms with Gasteiger partial charge in [0.25, 0.3) is 5.91 Å². The van der Waals surface area contributed by atoms with Crippen molar-refractivity contribution in [1.82, 2.24) is 24.3 Å². The number of hydrogen-bond acceptors (Lipinski definition) is 8. The summed E-state index contributed by atoms with van der Waals surface area (Å²) < 4.78 is 15.2. The fourth-order valence-electron chi connectivity index (χ4n) is 5.50. The second-order valence-corrected chi connectivity index (χ2v) is 11.1. The van der Waals surface area contributed by atoms with E-state index in [0.717, 1.165) is 52.2 Å². The molecule has 6 rings (SSSR count). The topological polar surface area (TPSA) is 122 Å². The quantitative estimate of drug-likeness (QED) is 0.168. The van der Waals surface area contributed by atoms with Crippen molar-refractivity contribution in [2.45, 2.75) is 13.0 Å². The molecule has 0 unspecified atom stereocenters. The number of aromatic nitrogens is 3. The van der Waals surface area contributed by atoms with Crippen LogP contribution in [0.5, 0.6) is 0 Å². The second kappa shape index (κ2) is 13.2. The highest BCUT2D eigenvalue weighted by Crippen LogP contribution is 2.28. The molecule has 0 saturated carbocycles. The summed E-state index contributed by atoms with van der Waals surface area (Å²) in [5, 5.41) is 25.2. The third kappa shape index (κ3) is 6.69. The average molecular weight is 607 g/mol. The van der Waals surface area contributed by atoms with Gasteiger partial charge in [0, 0.05) is 86.0 Å². The van der Waals surface area contributed by atoms with E-state index in [2.05, 4.69) is 32.5 Å². The molecule has 1 aliphatic heterocycles. The van der Waals surface area contributed by atoms with Crippen LogP contribution in [-0.4, -0.2) is 81.4 Å². The maximum Gasteiger partial charge on any atom is 0.255 e. The summed E-state index contributed by atoms with van der Waals surface area (Å²) >= 11 is 0. The molecule has 0 spiro atoms. The molecule has 0 aliphatic carbocycles. The molecule has 45 heavy (non-hydrogen) atoms. The number of piperazine rings is 1. The molecule has 5 aromatic rings. The molecular formula is C34H35FN8O2. The maximum atomic E-state index is 13.5. The van der Waals surface area contributed by atoms with Gasteiger partial charge in [-0.05, 0) is 73.1 Å². The number of rotatable bonds is 10. The number of aliphatic hydroxyl groups excluding tert-OH is 1. The largest absolute Gasteiger partial charge is 0.396 e. The molecule has 1 aliphatic rings. The molecule has 1 fully saturated rings. The zero-order valence-electron chi connectivity index (χ0n) is 25.0. The molecule has 11 heteroatoms. The summed E-state index contributed by atoms with van der Waals surface area (Å²) in [6.45, 7) is 3.46. The van der Waals surface area contributed by atoms with Crippen molar-refractivity contribution in [3.8, 4) is 5.69 Å². The van der Waals surface area contributed by atoms with Crippen LogP contribution < -0.4 is 10.6 Å². The van der Waals surface area contributed by atoms with E-state index in [-0.39, 0.29) is 18.3 Å². The fraction of sp³-hybridized carbons (Fsp3) is 0.235. The predicted octanol–water partition coefficient (Wildman–Crippen LogP) is 4.84. The lowest BCUT2D eigenvalue weighted by atomic mass is 10.1. The number of benzene rings is 3. The minimum absolute atomic E-state index is 0.0191. The Labute approximate surface area is 260 Å². The molecular weight excluding hydrogens is 571 g/mol. The lowest BCUT2D eigenvalue weighted by Gasteiger charge is -2.32. The van der Waals surface area contributed by atoms with Crippen LogP contribution in [0.3, 0.4) is 0 Å². The van der Waals surface area contributed by atoms with E-state index in [9.17, 15) is 14.3 Å². The van der Waals surface area contributed by atoms with Gasteiger partial charge in [0.2, 0.25) is 0 Å². The van der Waals surface area contributed by atoms with E-state index >= 15 is 0 Å². The Morgan fingerprint density at radius 3 is 2.58 bits per heavy atom. The number of fused-ring (bicyclic) bond motifs is 1. The van der Waals surface area contributed by atoms with Gasteiger partial charge in [0.05, 0.1) is 11.1 Å². The number of carbonyl (C=O) groups is 1. The van der Waals surface area contributed by atoms with Crippen LogP contribution >= 0.6 is 0 Å². The van der Waals surface area contributed by atoms with Gasteiger partial charge in [0.1, 0.15) is 18.0 Å². The van der Waals surface area contributed by atoms with Crippen molar-refractivity contribution in [2.75, 3.05) is 50.5 Å². The van der Waals surface area contributed by atoms with Crippen molar-refractivity contribution >= 4 is 40.2 Å². The normalized spacial score (nSPS) is 13.6. The summed E-state index contributed by atoms with van der Waals surface area (Å²) in [5.74, 6) is 0.301. The summed E-state index contributed by atoms with van der Waals surface area (Å²) in [6, 6.07) is 17.8. The minimum Gasteiger partial charge on any atom is -0.396 e. The molecule has 230 valence electrons. The Balaban J connectivity index is 1.25. The van der Waals surface area contributed by atoms with Crippen LogP contribution in [0.4, 0.5) is 21.6 Å². The third-order valence-corrected chi connectivity index (χ3v) is 8.09. The summed E-state index contributed by atoms with van der Waals surface area (Å²) in [6.07, 6.45) is 6.92. The number of aliphatic hydroxyl groups is 1. The molecule has 2 aromatic heterocycles. The van der Waals surface area contributed by atoms with Gasteiger partial charge in [-0.15, -0.1) is 0 Å². The first-order chi connectivity index (χ1) is 21.9. The zero-order chi connectivity index (χ0) is 31.3. The molecule has 0 bridgehead atoms. The number of hydrogen-bond donors (Lipinski definition) is 4. The zero-order valence-corrected chi connectivity index (χ0v) is 25.0.